The lowest BCUT2D eigenvalue weighted by molar-refractivity contribution is -0.384. The molecule has 0 fully saturated rings. The SMILES string of the molecule is Cc1ccc(N([C@H](C)C(=O)Nc2cc([N+](=O)[O-])ccc2Cl)S(C)(=O)=O)cc1. The van der Waals surface area contributed by atoms with Crippen molar-refractivity contribution in [3.8, 4) is 0 Å². The fourth-order valence-electron chi connectivity index (χ4n) is 2.46. The van der Waals surface area contributed by atoms with Crippen LogP contribution in [0.4, 0.5) is 17.1 Å². The maximum Gasteiger partial charge on any atom is 0.271 e. The third kappa shape index (κ3) is 4.95. The first-order chi connectivity index (χ1) is 12.5. The number of carbonyl (C=O) groups is 1. The highest BCUT2D eigenvalue weighted by atomic mass is 35.5. The molecule has 0 saturated heterocycles. The predicted molar refractivity (Wildman–Crippen MR) is 105 cm³/mol. The monoisotopic (exact) mass is 411 g/mol. The number of benzene rings is 2. The van der Waals surface area contributed by atoms with Gasteiger partial charge in [-0.25, -0.2) is 8.42 Å². The Kier molecular flexibility index (Phi) is 6.07. The third-order valence-electron chi connectivity index (χ3n) is 3.80. The van der Waals surface area contributed by atoms with Crippen LogP contribution in [-0.4, -0.2) is 31.5 Å². The van der Waals surface area contributed by atoms with Gasteiger partial charge in [-0.3, -0.25) is 19.2 Å². The van der Waals surface area contributed by atoms with E-state index in [0.29, 0.717) is 5.69 Å². The molecule has 144 valence electrons. The van der Waals surface area contributed by atoms with Crippen molar-refractivity contribution in [1.82, 2.24) is 0 Å². The summed E-state index contributed by atoms with van der Waals surface area (Å²) in [6, 6.07) is 9.15. The molecule has 0 heterocycles. The smallest absolute Gasteiger partial charge is 0.271 e. The molecule has 0 unspecified atom stereocenters. The number of nitro groups is 1. The maximum absolute atomic E-state index is 12.6. The van der Waals surface area contributed by atoms with Crippen molar-refractivity contribution in [2.75, 3.05) is 15.9 Å². The fraction of sp³-hybridized carbons (Fsp3) is 0.235. The van der Waals surface area contributed by atoms with Gasteiger partial charge in [-0.2, -0.15) is 0 Å². The van der Waals surface area contributed by atoms with E-state index in [-0.39, 0.29) is 16.4 Å². The first-order valence-electron chi connectivity index (χ1n) is 7.81. The average molecular weight is 412 g/mol. The molecule has 1 N–H and O–H groups in total. The first-order valence-corrected chi connectivity index (χ1v) is 10.0. The number of non-ortho nitro benzene ring substituents is 1. The molecule has 1 amide bonds. The average Bonchev–Trinajstić information content (AvgIpc) is 2.57. The lowest BCUT2D eigenvalue weighted by Crippen LogP contribution is -2.45. The molecular formula is C17H18ClN3O5S. The number of carbonyl (C=O) groups excluding carboxylic acids is 1. The lowest BCUT2D eigenvalue weighted by atomic mass is 10.2. The Morgan fingerprint density at radius 3 is 2.33 bits per heavy atom. The summed E-state index contributed by atoms with van der Waals surface area (Å²) in [6.07, 6.45) is 0.997. The van der Waals surface area contributed by atoms with Crippen molar-refractivity contribution in [3.63, 3.8) is 0 Å². The van der Waals surface area contributed by atoms with Gasteiger partial charge in [0.05, 0.1) is 27.6 Å². The van der Waals surface area contributed by atoms with Crippen LogP contribution in [0.5, 0.6) is 0 Å². The number of halogens is 1. The van der Waals surface area contributed by atoms with Crippen molar-refractivity contribution in [3.05, 3.63) is 63.2 Å². The van der Waals surface area contributed by atoms with E-state index < -0.39 is 26.9 Å². The largest absolute Gasteiger partial charge is 0.323 e. The Bertz CT molecular complexity index is 977. The summed E-state index contributed by atoms with van der Waals surface area (Å²) in [7, 11) is -3.77. The normalized spacial score (nSPS) is 12.3. The van der Waals surface area contributed by atoms with E-state index >= 15 is 0 Å². The zero-order valence-corrected chi connectivity index (χ0v) is 16.4. The molecule has 0 aliphatic rings. The zero-order valence-electron chi connectivity index (χ0n) is 14.8. The second kappa shape index (κ2) is 7.93. The summed E-state index contributed by atoms with van der Waals surface area (Å²) in [4.78, 5) is 22.9. The Balaban J connectivity index is 2.34. The number of hydrogen-bond donors (Lipinski definition) is 1. The molecule has 8 nitrogen and oxygen atoms in total. The van der Waals surface area contributed by atoms with Crippen molar-refractivity contribution in [2.45, 2.75) is 19.9 Å². The minimum atomic E-state index is -3.77. The van der Waals surface area contributed by atoms with Crippen molar-refractivity contribution in [1.29, 1.82) is 0 Å². The summed E-state index contributed by atoms with van der Waals surface area (Å²) in [5.41, 5.74) is 1.05. The van der Waals surface area contributed by atoms with Gasteiger partial charge in [0.2, 0.25) is 15.9 Å². The minimum absolute atomic E-state index is 0.0278. The quantitative estimate of drug-likeness (QED) is 0.579. The van der Waals surface area contributed by atoms with Gasteiger partial charge in [0.25, 0.3) is 5.69 Å². The Morgan fingerprint density at radius 2 is 1.81 bits per heavy atom. The van der Waals surface area contributed by atoms with E-state index in [4.69, 9.17) is 11.6 Å². The van der Waals surface area contributed by atoms with Crippen LogP contribution >= 0.6 is 11.6 Å². The fourth-order valence-corrected chi connectivity index (χ4v) is 3.80. The van der Waals surface area contributed by atoms with Crippen molar-refractivity contribution in [2.24, 2.45) is 0 Å². The molecule has 0 bridgehead atoms. The summed E-state index contributed by atoms with van der Waals surface area (Å²) in [5, 5.41) is 13.5. The number of amides is 1. The van der Waals surface area contributed by atoms with E-state index in [1.165, 1.54) is 19.1 Å². The van der Waals surface area contributed by atoms with Gasteiger partial charge < -0.3 is 5.32 Å². The number of nitro benzene ring substituents is 1. The first kappa shape index (κ1) is 20.7. The van der Waals surface area contributed by atoms with Crippen LogP contribution in [0.15, 0.2) is 42.5 Å². The molecule has 2 rings (SSSR count). The summed E-state index contributed by atoms with van der Waals surface area (Å²) >= 11 is 5.98. The second-order valence-electron chi connectivity index (χ2n) is 5.98. The molecule has 0 aromatic heterocycles. The van der Waals surface area contributed by atoms with E-state index in [2.05, 4.69) is 5.32 Å². The Labute approximate surface area is 162 Å². The van der Waals surface area contributed by atoms with Crippen LogP contribution in [0.1, 0.15) is 12.5 Å². The number of hydrogen-bond acceptors (Lipinski definition) is 5. The number of sulfonamides is 1. The van der Waals surface area contributed by atoms with Gasteiger partial charge >= 0.3 is 0 Å². The topological polar surface area (TPSA) is 110 Å². The molecule has 0 aliphatic heterocycles. The molecule has 10 heteroatoms. The zero-order chi connectivity index (χ0) is 20.4. The van der Waals surface area contributed by atoms with Crippen LogP contribution < -0.4 is 9.62 Å². The van der Waals surface area contributed by atoms with Crippen LogP contribution in [0.2, 0.25) is 5.02 Å². The number of nitrogens with one attached hydrogen (secondary N) is 1. The molecule has 0 spiro atoms. The highest BCUT2D eigenvalue weighted by Crippen LogP contribution is 2.28. The molecule has 2 aromatic carbocycles. The molecule has 0 saturated carbocycles. The van der Waals surface area contributed by atoms with E-state index in [1.807, 2.05) is 6.92 Å². The van der Waals surface area contributed by atoms with E-state index in [0.717, 1.165) is 22.2 Å². The molecular weight excluding hydrogens is 394 g/mol. The Morgan fingerprint density at radius 1 is 1.22 bits per heavy atom. The maximum atomic E-state index is 12.6. The molecule has 27 heavy (non-hydrogen) atoms. The highest BCUT2D eigenvalue weighted by molar-refractivity contribution is 7.92. The minimum Gasteiger partial charge on any atom is -0.323 e. The standard InChI is InChI=1S/C17H18ClN3O5S/c1-11-4-6-13(7-5-11)20(27(3,25)26)12(2)17(22)19-16-10-14(21(23)24)8-9-15(16)18/h4-10,12H,1-3H3,(H,19,22)/t12-/m1/s1. The van der Waals surface area contributed by atoms with Gasteiger partial charge in [-0.15, -0.1) is 0 Å². The van der Waals surface area contributed by atoms with Gasteiger partial charge in [0, 0.05) is 12.1 Å². The highest BCUT2D eigenvalue weighted by Gasteiger charge is 2.29. The van der Waals surface area contributed by atoms with Crippen LogP contribution in [0.3, 0.4) is 0 Å². The molecule has 0 aliphatic carbocycles. The van der Waals surface area contributed by atoms with Crippen LogP contribution in [-0.2, 0) is 14.8 Å². The molecule has 1 atom stereocenters. The van der Waals surface area contributed by atoms with Crippen molar-refractivity contribution >= 4 is 44.6 Å². The van der Waals surface area contributed by atoms with E-state index in [9.17, 15) is 23.3 Å². The molecule has 0 radical (unpaired) electrons. The third-order valence-corrected chi connectivity index (χ3v) is 5.37. The van der Waals surface area contributed by atoms with Gasteiger partial charge in [-0.05, 0) is 32.0 Å². The number of aryl methyl sites for hydroxylation is 1. The van der Waals surface area contributed by atoms with Crippen LogP contribution in [0.25, 0.3) is 0 Å². The second-order valence-corrected chi connectivity index (χ2v) is 8.25. The number of nitrogens with zero attached hydrogens (tertiary/aromatic N) is 2. The lowest BCUT2D eigenvalue weighted by Gasteiger charge is -2.28. The summed E-state index contributed by atoms with van der Waals surface area (Å²) in [6.45, 7) is 3.27. The Hall–Kier alpha value is -2.65. The summed E-state index contributed by atoms with van der Waals surface area (Å²) in [5.74, 6) is -0.677. The van der Waals surface area contributed by atoms with Crippen LogP contribution in [0, 0.1) is 17.0 Å². The number of anilines is 2. The molecule has 2 aromatic rings. The van der Waals surface area contributed by atoms with E-state index in [1.54, 1.807) is 24.3 Å². The van der Waals surface area contributed by atoms with Gasteiger partial charge in [0.1, 0.15) is 6.04 Å². The van der Waals surface area contributed by atoms with Gasteiger partial charge in [0.15, 0.2) is 0 Å². The van der Waals surface area contributed by atoms with Crippen molar-refractivity contribution < 1.29 is 18.1 Å². The van der Waals surface area contributed by atoms with Gasteiger partial charge in [-0.1, -0.05) is 29.3 Å². The predicted octanol–water partition coefficient (Wildman–Crippen LogP) is 3.35. The number of rotatable bonds is 6. The summed E-state index contributed by atoms with van der Waals surface area (Å²) < 4.78 is 25.5.